The van der Waals surface area contributed by atoms with Crippen LogP contribution in [0.5, 0.6) is 0 Å². The van der Waals surface area contributed by atoms with E-state index in [4.69, 9.17) is 0 Å². The van der Waals surface area contributed by atoms with Gasteiger partial charge in [-0.15, -0.1) is 11.8 Å². The van der Waals surface area contributed by atoms with Gasteiger partial charge in [-0.2, -0.15) is 0 Å². The maximum atomic E-state index is 3.74. The van der Waals surface area contributed by atoms with Gasteiger partial charge in [0.1, 0.15) is 0 Å². The van der Waals surface area contributed by atoms with E-state index < -0.39 is 0 Å². The smallest absolute Gasteiger partial charge is 0.0431 e. The van der Waals surface area contributed by atoms with E-state index in [1.165, 1.54) is 16.0 Å². The second-order valence-corrected chi connectivity index (χ2v) is 6.82. The predicted octanol–water partition coefficient (Wildman–Crippen LogP) is 4.95. The summed E-state index contributed by atoms with van der Waals surface area (Å²) in [5, 5.41) is 3.74. The Morgan fingerprint density at radius 2 is 2.05 bits per heavy atom. The lowest BCUT2D eigenvalue weighted by Crippen LogP contribution is -2.24. The summed E-state index contributed by atoms with van der Waals surface area (Å²) in [6.07, 6.45) is 0. The van der Waals surface area contributed by atoms with Gasteiger partial charge in [-0.25, -0.2) is 0 Å². The van der Waals surface area contributed by atoms with Gasteiger partial charge in [0, 0.05) is 27.2 Å². The molecule has 3 rings (SSSR count). The van der Waals surface area contributed by atoms with Crippen molar-refractivity contribution in [3.8, 4) is 0 Å². The molecule has 0 saturated carbocycles. The fourth-order valence-corrected chi connectivity index (χ4v) is 4.07. The molecule has 0 amide bonds. The largest absolute Gasteiger partial charge is 0.303 e. The van der Waals surface area contributed by atoms with Crippen LogP contribution < -0.4 is 5.32 Å². The third-order valence-electron chi connectivity index (χ3n) is 3.50. The third-order valence-corrected chi connectivity index (χ3v) is 5.18. The summed E-state index contributed by atoms with van der Waals surface area (Å²) in [5.74, 6) is 1.12. The van der Waals surface area contributed by atoms with Gasteiger partial charge in [-0.1, -0.05) is 46.3 Å². The van der Waals surface area contributed by atoms with Crippen molar-refractivity contribution in [3.05, 3.63) is 64.1 Å². The quantitative estimate of drug-likeness (QED) is 0.853. The van der Waals surface area contributed by atoms with E-state index in [-0.39, 0.29) is 0 Å². The minimum atomic E-state index is 0.356. The van der Waals surface area contributed by atoms with Gasteiger partial charge < -0.3 is 5.32 Å². The van der Waals surface area contributed by atoms with Gasteiger partial charge in [0.15, 0.2) is 0 Å². The van der Waals surface area contributed by atoms with Crippen LogP contribution in [0.15, 0.2) is 57.9 Å². The van der Waals surface area contributed by atoms with E-state index >= 15 is 0 Å². The minimum Gasteiger partial charge on any atom is -0.303 e. The molecule has 1 N–H and O–H groups in total. The first kappa shape index (κ1) is 13.2. The molecule has 1 heterocycles. The number of fused-ring (bicyclic) bond motifs is 1. The van der Waals surface area contributed by atoms with Crippen LogP contribution in [-0.4, -0.2) is 5.75 Å². The maximum absolute atomic E-state index is 3.74. The molecule has 19 heavy (non-hydrogen) atoms. The first-order chi connectivity index (χ1) is 9.24. The van der Waals surface area contributed by atoms with Crippen molar-refractivity contribution in [3.63, 3.8) is 0 Å². The van der Waals surface area contributed by atoms with Gasteiger partial charge in [-0.05, 0) is 36.2 Å². The Morgan fingerprint density at radius 1 is 1.21 bits per heavy atom. The fraction of sp³-hybridized carbons (Fsp3) is 0.250. The molecule has 0 aliphatic carbocycles. The van der Waals surface area contributed by atoms with Crippen molar-refractivity contribution >= 4 is 27.7 Å². The van der Waals surface area contributed by atoms with Crippen LogP contribution in [0.1, 0.15) is 30.1 Å². The van der Waals surface area contributed by atoms with Crippen LogP contribution >= 0.6 is 27.7 Å². The lowest BCUT2D eigenvalue weighted by Gasteiger charge is -2.20. The zero-order chi connectivity index (χ0) is 13.2. The van der Waals surface area contributed by atoms with E-state index in [9.17, 15) is 0 Å². The van der Waals surface area contributed by atoms with Crippen LogP contribution in [0.3, 0.4) is 0 Å². The van der Waals surface area contributed by atoms with Gasteiger partial charge in [-0.3, -0.25) is 0 Å². The highest BCUT2D eigenvalue weighted by Crippen LogP contribution is 2.38. The van der Waals surface area contributed by atoms with Crippen LogP contribution in [0.25, 0.3) is 0 Å². The average Bonchev–Trinajstić information content (AvgIpc) is 2.82. The molecule has 1 aliphatic heterocycles. The molecule has 2 atom stereocenters. The van der Waals surface area contributed by atoms with Crippen LogP contribution in [0, 0.1) is 0 Å². The molecule has 0 bridgehead atoms. The van der Waals surface area contributed by atoms with Gasteiger partial charge >= 0.3 is 0 Å². The van der Waals surface area contributed by atoms with Crippen molar-refractivity contribution in [2.24, 2.45) is 0 Å². The number of rotatable bonds is 3. The Bertz CT molecular complexity index is 584. The van der Waals surface area contributed by atoms with E-state index in [2.05, 4.69) is 76.7 Å². The summed E-state index contributed by atoms with van der Waals surface area (Å²) < 4.78 is 1.14. The Balaban J connectivity index is 1.76. The number of hydrogen-bond acceptors (Lipinski definition) is 2. The molecule has 3 heteroatoms. The summed E-state index contributed by atoms with van der Waals surface area (Å²) >= 11 is 5.48. The fourth-order valence-electron chi connectivity index (χ4n) is 2.47. The molecular weight excluding hydrogens is 318 g/mol. The number of hydrogen-bond donors (Lipinski definition) is 1. The summed E-state index contributed by atoms with van der Waals surface area (Å²) in [6.45, 7) is 2.23. The zero-order valence-electron chi connectivity index (χ0n) is 10.8. The normalized spacial score (nSPS) is 19.2. The van der Waals surface area contributed by atoms with Crippen molar-refractivity contribution in [2.45, 2.75) is 23.9 Å². The standard InChI is InChI=1S/C16H16BrNS/c1-11(12-5-4-6-13(17)9-12)18-15-10-19-16-8-3-2-7-14(15)16/h2-9,11,15,18H,10H2,1H3/t11-,15?/m1/s1. The zero-order valence-corrected chi connectivity index (χ0v) is 13.2. The molecule has 0 aromatic heterocycles. The molecule has 0 spiro atoms. The second-order valence-electron chi connectivity index (χ2n) is 4.84. The molecule has 2 aromatic rings. The summed E-state index contributed by atoms with van der Waals surface area (Å²) in [6, 6.07) is 18.0. The molecule has 1 unspecified atom stereocenters. The van der Waals surface area contributed by atoms with Crippen LogP contribution in [-0.2, 0) is 0 Å². The topological polar surface area (TPSA) is 12.0 Å². The third kappa shape index (κ3) is 2.88. The lowest BCUT2D eigenvalue weighted by molar-refractivity contribution is 0.501. The Labute approximate surface area is 126 Å². The summed E-state index contributed by atoms with van der Waals surface area (Å²) in [4.78, 5) is 1.42. The molecule has 1 nitrogen and oxygen atoms in total. The molecule has 0 radical (unpaired) electrons. The average molecular weight is 334 g/mol. The Morgan fingerprint density at radius 3 is 2.89 bits per heavy atom. The molecule has 1 aliphatic rings. The molecule has 0 saturated heterocycles. The first-order valence-corrected chi connectivity index (χ1v) is 8.25. The molecular formula is C16H16BrNS. The van der Waals surface area contributed by atoms with Crippen molar-refractivity contribution in [1.29, 1.82) is 0 Å². The predicted molar refractivity (Wildman–Crippen MR) is 85.6 cm³/mol. The summed E-state index contributed by atoms with van der Waals surface area (Å²) in [7, 11) is 0. The van der Waals surface area contributed by atoms with Crippen molar-refractivity contribution in [2.75, 3.05) is 5.75 Å². The number of halogens is 1. The number of benzene rings is 2. The lowest BCUT2D eigenvalue weighted by atomic mass is 10.0. The second kappa shape index (κ2) is 5.70. The van der Waals surface area contributed by atoms with Crippen molar-refractivity contribution in [1.82, 2.24) is 5.32 Å². The highest BCUT2D eigenvalue weighted by Gasteiger charge is 2.23. The Kier molecular flexibility index (Phi) is 3.96. The maximum Gasteiger partial charge on any atom is 0.0431 e. The molecule has 0 fully saturated rings. The molecule has 98 valence electrons. The van der Waals surface area contributed by atoms with E-state index in [0.717, 1.165) is 10.2 Å². The Hall–Kier alpha value is -0.770. The highest BCUT2D eigenvalue weighted by atomic mass is 79.9. The first-order valence-electron chi connectivity index (χ1n) is 6.47. The highest BCUT2D eigenvalue weighted by molar-refractivity contribution is 9.10. The van der Waals surface area contributed by atoms with E-state index in [0.29, 0.717) is 12.1 Å². The van der Waals surface area contributed by atoms with E-state index in [1.807, 2.05) is 11.8 Å². The number of thioether (sulfide) groups is 1. The van der Waals surface area contributed by atoms with Gasteiger partial charge in [0.05, 0.1) is 0 Å². The van der Waals surface area contributed by atoms with Gasteiger partial charge in [0.2, 0.25) is 0 Å². The summed E-state index contributed by atoms with van der Waals surface area (Å²) in [5.41, 5.74) is 2.76. The SMILES string of the molecule is C[C@@H](NC1CSc2ccccc21)c1cccc(Br)c1. The van der Waals surface area contributed by atoms with E-state index in [1.54, 1.807) is 0 Å². The van der Waals surface area contributed by atoms with Gasteiger partial charge in [0.25, 0.3) is 0 Å². The monoisotopic (exact) mass is 333 g/mol. The number of nitrogens with one attached hydrogen (secondary N) is 1. The van der Waals surface area contributed by atoms with Crippen LogP contribution in [0.2, 0.25) is 0 Å². The molecule has 2 aromatic carbocycles. The minimum absolute atomic E-state index is 0.356. The van der Waals surface area contributed by atoms with Crippen molar-refractivity contribution < 1.29 is 0 Å². The van der Waals surface area contributed by atoms with Crippen LogP contribution in [0.4, 0.5) is 0 Å².